The molecule has 0 aliphatic heterocycles. The first-order valence-electron chi connectivity index (χ1n) is 5.39. The first kappa shape index (κ1) is 14.4. The third kappa shape index (κ3) is 3.97. The molecule has 1 unspecified atom stereocenters. The molecule has 0 N–H and O–H groups in total. The van der Waals surface area contributed by atoms with E-state index in [1.165, 1.54) is 0 Å². The minimum absolute atomic E-state index is 0.247. The van der Waals surface area contributed by atoms with Gasteiger partial charge in [-0.05, 0) is 18.9 Å². The lowest BCUT2D eigenvalue weighted by Crippen LogP contribution is -2.17. The van der Waals surface area contributed by atoms with Crippen molar-refractivity contribution in [3.63, 3.8) is 0 Å². The van der Waals surface area contributed by atoms with Crippen molar-refractivity contribution < 1.29 is 22.7 Å². The van der Waals surface area contributed by atoms with Crippen molar-refractivity contribution in [2.24, 2.45) is 5.92 Å². The molecule has 0 saturated heterocycles. The molecular formula is C11H13F3N2O2. The van der Waals surface area contributed by atoms with Crippen molar-refractivity contribution in [1.29, 1.82) is 0 Å². The Kier molecular flexibility index (Phi) is 4.63. The molecule has 0 spiro atoms. The zero-order chi connectivity index (χ0) is 13.8. The molecule has 0 aliphatic rings. The van der Waals surface area contributed by atoms with Gasteiger partial charge in [0, 0.05) is 12.4 Å². The van der Waals surface area contributed by atoms with Crippen LogP contribution in [0.4, 0.5) is 13.2 Å². The second-order valence-electron chi connectivity index (χ2n) is 3.77. The van der Waals surface area contributed by atoms with Gasteiger partial charge < -0.3 is 4.74 Å². The molecule has 0 bridgehead atoms. The summed E-state index contributed by atoms with van der Waals surface area (Å²) in [5.41, 5.74) is 0.462. The predicted octanol–water partition coefficient (Wildman–Crippen LogP) is 2.24. The Morgan fingerprint density at radius 2 is 1.94 bits per heavy atom. The van der Waals surface area contributed by atoms with Gasteiger partial charge in [0.1, 0.15) is 0 Å². The van der Waals surface area contributed by atoms with Crippen LogP contribution in [0.1, 0.15) is 25.2 Å². The fourth-order valence-electron chi connectivity index (χ4n) is 1.33. The second kappa shape index (κ2) is 5.79. The maximum absolute atomic E-state index is 12.2. The second-order valence-corrected chi connectivity index (χ2v) is 3.77. The summed E-state index contributed by atoms with van der Waals surface area (Å²) in [7, 11) is 0. The number of esters is 1. The molecule has 18 heavy (non-hydrogen) atoms. The van der Waals surface area contributed by atoms with Crippen LogP contribution in [0.2, 0.25) is 0 Å². The number of carbonyl (C=O) groups is 1. The maximum atomic E-state index is 12.2. The Balaban J connectivity index is 2.67. The predicted molar refractivity (Wildman–Crippen MR) is 56.5 cm³/mol. The number of hydrogen-bond acceptors (Lipinski definition) is 4. The lowest BCUT2D eigenvalue weighted by molar-refractivity contribution is -0.147. The van der Waals surface area contributed by atoms with Crippen LogP contribution in [0.3, 0.4) is 0 Å². The Morgan fingerprint density at radius 1 is 1.39 bits per heavy atom. The van der Waals surface area contributed by atoms with Gasteiger partial charge in [0.25, 0.3) is 0 Å². The molecule has 0 amide bonds. The van der Waals surface area contributed by atoms with Crippen molar-refractivity contribution in [3.8, 4) is 0 Å². The van der Waals surface area contributed by atoms with Gasteiger partial charge in [-0.3, -0.25) is 4.79 Å². The Labute approximate surface area is 102 Å². The summed E-state index contributed by atoms with van der Waals surface area (Å²) in [6.45, 7) is 3.59. The molecular weight excluding hydrogens is 249 g/mol. The number of halogens is 3. The number of rotatable bonds is 4. The summed E-state index contributed by atoms with van der Waals surface area (Å²) in [6, 6.07) is 0. The molecule has 1 atom stereocenters. The summed E-state index contributed by atoms with van der Waals surface area (Å²) in [5, 5.41) is 0. The van der Waals surface area contributed by atoms with E-state index in [1.54, 1.807) is 13.8 Å². The normalized spacial score (nSPS) is 13.2. The van der Waals surface area contributed by atoms with Gasteiger partial charge in [0.15, 0.2) is 0 Å². The summed E-state index contributed by atoms with van der Waals surface area (Å²) < 4.78 is 41.4. The van der Waals surface area contributed by atoms with Crippen molar-refractivity contribution in [1.82, 2.24) is 9.97 Å². The number of aromatic nitrogens is 2. The van der Waals surface area contributed by atoms with Crippen molar-refractivity contribution in [2.75, 3.05) is 6.61 Å². The molecule has 0 saturated carbocycles. The van der Waals surface area contributed by atoms with Gasteiger partial charge in [-0.15, -0.1) is 0 Å². The van der Waals surface area contributed by atoms with Crippen LogP contribution < -0.4 is 0 Å². The van der Waals surface area contributed by atoms with Crippen molar-refractivity contribution in [2.45, 2.75) is 26.4 Å². The van der Waals surface area contributed by atoms with Gasteiger partial charge in [0.2, 0.25) is 5.82 Å². The van der Waals surface area contributed by atoms with Crippen LogP contribution in [0.15, 0.2) is 12.4 Å². The van der Waals surface area contributed by atoms with Crippen molar-refractivity contribution >= 4 is 5.97 Å². The zero-order valence-electron chi connectivity index (χ0n) is 9.99. The highest BCUT2D eigenvalue weighted by atomic mass is 19.4. The zero-order valence-corrected chi connectivity index (χ0v) is 9.99. The van der Waals surface area contributed by atoms with E-state index in [4.69, 9.17) is 4.74 Å². The summed E-state index contributed by atoms with van der Waals surface area (Å²) in [5.74, 6) is -2.02. The van der Waals surface area contributed by atoms with Crippen LogP contribution in [0.5, 0.6) is 0 Å². The van der Waals surface area contributed by atoms with Crippen LogP contribution in [-0.4, -0.2) is 22.5 Å². The van der Waals surface area contributed by atoms with Gasteiger partial charge in [0.05, 0.1) is 12.5 Å². The van der Waals surface area contributed by atoms with Gasteiger partial charge >= 0.3 is 12.1 Å². The number of alkyl halides is 3. The first-order chi connectivity index (χ1) is 8.34. The third-order valence-electron chi connectivity index (χ3n) is 2.19. The lowest BCUT2D eigenvalue weighted by Gasteiger charge is -2.10. The van der Waals surface area contributed by atoms with Gasteiger partial charge in [-0.2, -0.15) is 13.2 Å². The molecule has 0 aliphatic carbocycles. The molecule has 100 valence electrons. The van der Waals surface area contributed by atoms with E-state index >= 15 is 0 Å². The minimum Gasteiger partial charge on any atom is -0.466 e. The molecule has 0 fully saturated rings. The lowest BCUT2D eigenvalue weighted by atomic mass is 10.0. The van der Waals surface area contributed by atoms with Gasteiger partial charge in [-0.25, -0.2) is 9.97 Å². The third-order valence-corrected chi connectivity index (χ3v) is 2.19. The largest absolute Gasteiger partial charge is 0.466 e. The minimum atomic E-state index is -4.55. The van der Waals surface area contributed by atoms with E-state index in [9.17, 15) is 18.0 Å². The van der Waals surface area contributed by atoms with Crippen LogP contribution in [0, 0.1) is 5.92 Å². The average molecular weight is 262 g/mol. The molecule has 1 aromatic heterocycles. The molecule has 4 nitrogen and oxygen atoms in total. The molecule has 7 heteroatoms. The Hall–Kier alpha value is -1.66. The fourth-order valence-corrected chi connectivity index (χ4v) is 1.33. The molecule has 0 radical (unpaired) electrons. The molecule has 1 rings (SSSR count). The van der Waals surface area contributed by atoms with Crippen LogP contribution in [-0.2, 0) is 22.1 Å². The molecule has 0 aromatic carbocycles. The Bertz CT molecular complexity index is 404. The standard InChI is InChI=1S/C11H13F3N2O2/c1-3-18-9(17)7(2)4-8-5-15-10(16-6-8)11(12,13)14/h5-7H,3-4H2,1-2H3. The number of hydrogen-bond donors (Lipinski definition) is 0. The smallest absolute Gasteiger partial charge is 0.451 e. The number of carbonyl (C=O) groups excluding carboxylic acids is 1. The van der Waals surface area contributed by atoms with E-state index in [1.807, 2.05) is 0 Å². The van der Waals surface area contributed by atoms with E-state index in [0.717, 1.165) is 12.4 Å². The maximum Gasteiger partial charge on any atom is 0.451 e. The van der Waals surface area contributed by atoms with Crippen molar-refractivity contribution in [3.05, 3.63) is 23.8 Å². The topological polar surface area (TPSA) is 52.1 Å². The quantitative estimate of drug-likeness (QED) is 0.781. The van der Waals surface area contributed by atoms with E-state index in [-0.39, 0.29) is 13.0 Å². The molecule has 1 aromatic rings. The highest BCUT2D eigenvalue weighted by Gasteiger charge is 2.34. The highest BCUT2D eigenvalue weighted by molar-refractivity contribution is 5.72. The van der Waals surface area contributed by atoms with Crippen LogP contribution in [0.25, 0.3) is 0 Å². The molecule has 1 heterocycles. The van der Waals surface area contributed by atoms with Gasteiger partial charge in [-0.1, -0.05) is 6.92 Å². The average Bonchev–Trinajstić information content (AvgIpc) is 2.28. The summed E-state index contributed by atoms with van der Waals surface area (Å²) >= 11 is 0. The first-order valence-corrected chi connectivity index (χ1v) is 5.39. The number of nitrogens with zero attached hydrogens (tertiary/aromatic N) is 2. The number of ether oxygens (including phenoxy) is 1. The van der Waals surface area contributed by atoms with E-state index in [0.29, 0.717) is 5.56 Å². The van der Waals surface area contributed by atoms with E-state index < -0.39 is 23.9 Å². The SMILES string of the molecule is CCOC(=O)C(C)Cc1cnc(C(F)(F)F)nc1. The highest BCUT2D eigenvalue weighted by Crippen LogP contribution is 2.25. The monoisotopic (exact) mass is 262 g/mol. The Morgan fingerprint density at radius 3 is 2.39 bits per heavy atom. The summed E-state index contributed by atoms with van der Waals surface area (Å²) in [6.07, 6.45) is -2.15. The van der Waals surface area contributed by atoms with Crippen LogP contribution >= 0.6 is 0 Å². The fraction of sp³-hybridized carbons (Fsp3) is 0.545. The van der Waals surface area contributed by atoms with E-state index in [2.05, 4.69) is 9.97 Å². The summed E-state index contributed by atoms with van der Waals surface area (Å²) in [4.78, 5) is 17.8.